The molecule has 0 spiro atoms. The van der Waals surface area contributed by atoms with Crippen LogP contribution in [-0.4, -0.2) is 4.98 Å². The summed E-state index contributed by atoms with van der Waals surface area (Å²) in [7, 11) is 0. The predicted octanol–water partition coefficient (Wildman–Crippen LogP) is 1.50. The Morgan fingerprint density at radius 3 is 2.62 bits per heavy atom. The third kappa shape index (κ3) is 1.06. The lowest BCUT2D eigenvalue weighted by molar-refractivity contribution is 1.17. The molecule has 0 N–H and O–H groups in total. The predicted molar refractivity (Wildman–Crippen MR) is 32.5 cm³/mol. The molecule has 8 heavy (non-hydrogen) atoms. The van der Waals surface area contributed by atoms with Crippen LogP contribution in [0.1, 0.15) is 11.3 Å². The van der Waals surface area contributed by atoms with Crippen molar-refractivity contribution in [2.45, 2.75) is 13.8 Å². The van der Waals surface area contributed by atoms with Crippen LogP contribution in [0.25, 0.3) is 0 Å². The molecule has 0 atom stereocenters. The van der Waals surface area contributed by atoms with Crippen LogP contribution in [0.2, 0.25) is 0 Å². The van der Waals surface area contributed by atoms with Crippen molar-refractivity contribution in [3.05, 3.63) is 29.6 Å². The van der Waals surface area contributed by atoms with Crippen LogP contribution in [0.5, 0.6) is 0 Å². The van der Waals surface area contributed by atoms with Crippen molar-refractivity contribution in [2.24, 2.45) is 0 Å². The molecule has 1 radical (unpaired) electrons. The molecule has 0 bridgehead atoms. The molecule has 0 unspecified atom stereocenters. The van der Waals surface area contributed by atoms with Gasteiger partial charge in [-0.3, -0.25) is 4.98 Å². The van der Waals surface area contributed by atoms with Crippen molar-refractivity contribution in [2.75, 3.05) is 0 Å². The lowest BCUT2D eigenvalue weighted by atomic mass is 10.3. The number of hydrogen-bond acceptors (Lipinski definition) is 1. The van der Waals surface area contributed by atoms with E-state index in [1.165, 1.54) is 0 Å². The summed E-state index contributed by atoms with van der Waals surface area (Å²) in [6.07, 6.45) is 1.81. The zero-order valence-electron chi connectivity index (χ0n) is 5.10. The SMILES string of the molecule is Cc1[c]cc(C)nc1. The molecule has 1 rings (SSSR count). The second kappa shape index (κ2) is 1.95. The van der Waals surface area contributed by atoms with Gasteiger partial charge < -0.3 is 0 Å². The molecule has 0 amide bonds. The quantitative estimate of drug-likeness (QED) is 0.488. The van der Waals surface area contributed by atoms with Crippen LogP contribution in [0.15, 0.2) is 12.3 Å². The minimum atomic E-state index is 1.02. The lowest BCUT2D eigenvalue weighted by Crippen LogP contribution is -1.79. The molecule has 0 aliphatic carbocycles. The first kappa shape index (κ1) is 5.29. The molecule has 0 saturated heterocycles. The molecule has 0 aliphatic rings. The Kier molecular flexibility index (Phi) is 1.29. The summed E-state index contributed by atoms with van der Waals surface area (Å²) in [6, 6.07) is 4.92. The van der Waals surface area contributed by atoms with E-state index in [9.17, 15) is 0 Å². The molecule has 1 aromatic heterocycles. The summed E-state index contributed by atoms with van der Waals surface area (Å²) < 4.78 is 0. The van der Waals surface area contributed by atoms with E-state index >= 15 is 0 Å². The Morgan fingerprint density at radius 1 is 1.50 bits per heavy atom. The van der Waals surface area contributed by atoms with Crippen molar-refractivity contribution in [3.8, 4) is 0 Å². The van der Waals surface area contributed by atoms with E-state index in [-0.39, 0.29) is 0 Å². The number of aryl methyl sites for hydroxylation is 2. The maximum absolute atomic E-state index is 4.05. The molecule has 41 valence electrons. The fourth-order valence-corrected chi connectivity index (χ4v) is 0.491. The van der Waals surface area contributed by atoms with E-state index in [2.05, 4.69) is 11.1 Å². The Hall–Kier alpha value is -0.850. The first-order valence-electron chi connectivity index (χ1n) is 2.60. The number of hydrogen-bond donors (Lipinski definition) is 0. The summed E-state index contributed by atoms with van der Waals surface area (Å²) in [5.41, 5.74) is 2.12. The van der Waals surface area contributed by atoms with Crippen molar-refractivity contribution in [3.63, 3.8) is 0 Å². The first-order valence-corrected chi connectivity index (χ1v) is 2.60. The van der Waals surface area contributed by atoms with Gasteiger partial charge in [-0.05, 0) is 31.5 Å². The van der Waals surface area contributed by atoms with Crippen molar-refractivity contribution in [1.29, 1.82) is 0 Å². The van der Waals surface area contributed by atoms with Crippen LogP contribution in [-0.2, 0) is 0 Å². The van der Waals surface area contributed by atoms with Crippen LogP contribution in [0.4, 0.5) is 0 Å². The second-order valence-electron chi connectivity index (χ2n) is 1.87. The van der Waals surface area contributed by atoms with Crippen LogP contribution in [0.3, 0.4) is 0 Å². The van der Waals surface area contributed by atoms with Gasteiger partial charge in [0, 0.05) is 11.9 Å². The Morgan fingerprint density at radius 2 is 2.25 bits per heavy atom. The highest BCUT2D eigenvalue weighted by Gasteiger charge is 1.82. The van der Waals surface area contributed by atoms with E-state index in [0.29, 0.717) is 0 Å². The van der Waals surface area contributed by atoms with Gasteiger partial charge in [0.1, 0.15) is 0 Å². The van der Waals surface area contributed by atoms with Crippen molar-refractivity contribution >= 4 is 0 Å². The average molecular weight is 106 g/mol. The van der Waals surface area contributed by atoms with Crippen molar-refractivity contribution in [1.82, 2.24) is 4.98 Å². The van der Waals surface area contributed by atoms with Gasteiger partial charge >= 0.3 is 0 Å². The fourth-order valence-electron chi connectivity index (χ4n) is 0.491. The minimum absolute atomic E-state index is 1.02. The van der Waals surface area contributed by atoms with Crippen LogP contribution >= 0.6 is 0 Å². The molecule has 0 saturated carbocycles. The highest BCUT2D eigenvalue weighted by molar-refractivity contribution is 5.08. The summed E-state index contributed by atoms with van der Waals surface area (Å²) in [5.74, 6) is 0. The van der Waals surface area contributed by atoms with Crippen LogP contribution < -0.4 is 0 Å². The Bertz CT molecular complexity index is 143. The Balaban J connectivity index is 3.03. The largest absolute Gasteiger partial charge is 0.261 e. The van der Waals surface area contributed by atoms with Gasteiger partial charge in [-0.15, -0.1) is 0 Å². The molecular formula is C7H8N. The molecule has 0 aliphatic heterocycles. The average Bonchev–Trinajstić information content (AvgIpc) is 1.77. The van der Waals surface area contributed by atoms with E-state index in [0.717, 1.165) is 11.3 Å². The van der Waals surface area contributed by atoms with Gasteiger partial charge in [0.15, 0.2) is 0 Å². The third-order valence-electron chi connectivity index (χ3n) is 0.971. The maximum Gasteiger partial charge on any atom is 0.0379 e. The molecule has 0 fully saturated rings. The topological polar surface area (TPSA) is 12.9 Å². The summed E-state index contributed by atoms with van der Waals surface area (Å²) >= 11 is 0. The third-order valence-corrected chi connectivity index (χ3v) is 0.971. The standard InChI is InChI=1S/C7H8N/c1-6-3-4-7(2)8-5-6/h4-5H,1-2H3. The van der Waals surface area contributed by atoms with Gasteiger partial charge in [-0.2, -0.15) is 0 Å². The Labute approximate surface area is 49.4 Å². The van der Waals surface area contributed by atoms with Gasteiger partial charge in [-0.1, -0.05) is 0 Å². The second-order valence-corrected chi connectivity index (χ2v) is 1.87. The number of aromatic nitrogens is 1. The fraction of sp³-hybridized carbons (Fsp3) is 0.286. The normalized spacial score (nSPS) is 9.25. The van der Waals surface area contributed by atoms with E-state index in [4.69, 9.17) is 0 Å². The van der Waals surface area contributed by atoms with Gasteiger partial charge in [0.2, 0.25) is 0 Å². The molecule has 1 heterocycles. The van der Waals surface area contributed by atoms with E-state index in [1.54, 1.807) is 0 Å². The van der Waals surface area contributed by atoms with E-state index < -0.39 is 0 Å². The van der Waals surface area contributed by atoms with Gasteiger partial charge in [-0.25, -0.2) is 0 Å². The summed E-state index contributed by atoms with van der Waals surface area (Å²) in [5, 5.41) is 0. The molecule has 1 heteroatoms. The lowest BCUT2D eigenvalue weighted by Gasteiger charge is -1.88. The van der Waals surface area contributed by atoms with Gasteiger partial charge in [0.25, 0.3) is 0 Å². The first-order chi connectivity index (χ1) is 3.79. The zero-order valence-corrected chi connectivity index (χ0v) is 5.10. The highest BCUT2D eigenvalue weighted by atomic mass is 14.6. The molecule has 1 aromatic rings. The van der Waals surface area contributed by atoms with Crippen molar-refractivity contribution < 1.29 is 0 Å². The summed E-state index contributed by atoms with van der Waals surface area (Å²) in [6.45, 7) is 3.93. The van der Waals surface area contributed by atoms with Crippen LogP contribution in [0, 0.1) is 19.9 Å². The zero-order chi connectivity index (χ0) is 5.98. The number of rotatable bonds is 0. The summed E-state index contributed by atoms with van der Waals surface area (Å²) in [4.78, 5) is 4.05. The highest BCUT2D eigenvalue weighted by Crippen LogP contribution is 1.93. The maximum atomic E-state index is 4.05. The van der Waals surface area contributed by atoms with E-state index in [1.807, 2.05) is 26.1 Å². The number of pyridine rings is 1. The molecule has 0 aromatic carbocycles. The monoisotopic (exact) mass is 106 g/mol. The molecular weight excluding hydrogens is 98.1 g/mol. The minimum Gasteiger partial charge on any atom is -0.261 e. The number of nitrogens with zero attached hydrogens (tertiary/aromatic N) is 1. The smallest absolute Gasteiger partial charge is 0.0379 e. The molecule has 1 nitrogen and oxygen atoms in total. The van der Waals surface area contributed by atoms with Gasteiger partial charge in [0.05, 0.1) is 0 Å².